The molecule has 2 aliphatic rings. The number of nitrogens with zero attached hydrogens (tertiary/aromatic N) is 2. The maximum atomic E-state index is 4.81. The molecule has 3 heteroatoms. The van der Waals surface area contributed by atoms with Gasteiger partial charge in [-0.2, -0.15) is 0 Å². The molecule has 1 aromatic heterocycles. The number of aromatic nitrogens is 1. The third kappa shape index (κ3) is 2.67. The summed E-state index contributed by atoms with van der Waals surface area (Å²) in [6.07, 6.45) is 5.22. The molecule has 0 aromatic carbocycles. The Kier molecular flexibility index (Phi) is 3.39. The van der Waals surface area contributed by atoms with Crippen LogP contribution in [0.15, 0.2) is 18.2 Å². The van der Waals surface area contributed by atoms with Gasteiger partial charge in [0.25, 0.3) is 0 Å². The van der Waals surface area contributed by atoms with Crippen LogP contribution in [0.4, 0.5) is 0 Å². The molecule has 3 nitrogen and oxygen atoms in total. The third-order valence-electron chi connectivity index (χ3n) is 3.83. The van der Waals surface area contributed by atoms with Crippen molar-refractivity contribution in [1.82, 2.24) is 15.2 Å². The summed E-state index contributed by atoms with van der Waals surface area (Å²) >= 11 is 0. The molecule has 0 aliphatic carbocycles. The van der Waals surface area contributed by atoms with Gasteiger partial charge >= 0.3 is 0 Å². The lowest BCUT2D eigenvalue weighted by molar-refractivity contribution is 0.326. The molecule has 0 spiro atoms. The van der Waals surface area contributed by atoms with E-state index in [1.807, 2.05) is 0 Å². The molecule has 1 atom stereocenters. The highest BCUT2D eigenvalue weighted by molar-refractivity contribution is 5.15. The van der Waals surface area contributed by atoms with Gasteiger partial charge in [0.2, 0.25) is 0 Å². The van der Waals surface area contributed by atoms with Crippen LogP contribution >= 0.6 is 0 Å². The zero-order chi connectivity index (χ0) is 11.5. The zero-order valence-corrected chi connectivity index (χ0v) is 10.4. The minimum absolute atomic E-state index is 0.494. The normalized spacial score (nSPS) is 25.5. The Morgan fingerprint density at radius 2 is 2.12 bits per heavy atom. The Balaban J connectivity index is 1.69. The number of hydrogen-bond acceptors (Lipinski definition) is 3. The lowest BCUT2D eigenvalue weighted by atomic mass is 10.1. The first-order chi connectivity index (χ1) is 8.42. The summed E-state index contributed by atoms with van der Waals surface area (Å²) in [7, 11) is 0. The number of pyridine rings is 1. The van der Waals surface area contributed by atoms with Crippen molar-refractivity contribution in [2.24, 2.45) is 0 Å². The second-order valence-corrected chi connectivity index (χ2v) is 5.19. The molecule has 2 saturated heterocycles. The van der Waals surface area contributed by atoms with E-state index in [1.165, 1.54) is 50.2 Å². The average Bonchev–Trinajstić information content (AvgIpc) is 3.01. The van der Waals surface area contributed by atoms with Gasteiger partial charge in [-0.15, -0.1) is 0 Å². The van der Waals surface area contributed by atoms with E-state index >= 15 is 0 Å². The van der Waals surface area contributed by atoms with Crippen molar-refractivity contribution in [3.05, 3.63) is 29.6 Å². The number of hydrogen-bond donors (Lipinski definition) is 1. The van der Waals surface area contributed by atoms with E-state index in [0.717, 1.165) is 13.1 Å². The van der Waals surface area contributed by atoms with E-state index < -0.39 is 0 Å². The second-order valence-electron chi connectivity index (χ2n) is 5.19. The Labute approximate surface area is 103 Å². The van der Waals surface area contributed by atoms with E-state index in [1.54, 1.807) is 0 Å². The highest BCUT2D eigenvalue weighted by atomic mass is 15.1. The van der Waals surface area contributed by atoms with Crippen LogP contribution in [0.5, 0.6) is 0 Å². The summed E-state index contributed by atoms with van der Waals surface area (Å²) in [6.45, 7) is 4.66. The predicted octanol–water partition coefficient (Wildman–Crippen LogP) is 2.10. The van der Waals surface area contributed by atoms with Crippen LogP contribution in [0.2, 0.25) is 0 Å². The van der Waals surface area contributed by atoms with Gasteiger partial charge in [-0.05, 0) is 57.5 Å². The molecule has 1 unspecified atom stereocenters. The molecular formula is C14H21N3. The Hall–Kier alpha value is -0.930. The van der Waals surface area contributed by atoms with Gasteiger partial charge in [-0.25, -0.2) is 0 Å². The highest BCUT2D eigenvalue weighted by Gasteiger charge is 2.18. The first-order valence-electron chi connectivity index (χ1n) is 6.83. The van der Waals surface area contributed by atoms with Crippen LogP contribution in [0.25, 0.3) is 0 Å². The molecule has 2 aliphatic heterocycles. The van der Waals surface area contributed by atoms with E-state index in [-0.39, 0.29) is 0 Å². The van der Waals surface area contributed by atoms with Crippen molar-refractivity contribution in [3.8, 4) is 0 Å². The maximum Gasteiger partial charge on any atom is 0.0577 e. The fourth-order valence-corrected chi connectivity index (χ4v) is 2.89. The van der Waals surface area contributed by atoms with Crippen LogP contribution in [0.1, 0.15) is 43.1 Å². The molecule has 1 N–H and O–H groups in total. The molecule has 17 heavy (non-hydrogen) atoms. The third-order valence-corrected chi connectivity index (χ3v) is 3.83. The van der Waals surface area contributed by atoms with Gasteiger partial charge in [0, 0.05) is 12.6 Å². The molecule has 1 aromatic rings. The van der Waals surface area contributed by atoms with Crippen LogP contribution in [-0.4, -0.2) is 29.5 Å². The summed E-state index contributed by atoms with van der Waals surface area (Å²) in [5.41, 5.74) is 2.47. The van der Waals surface area contributed by atoms with Crippen LogP contribution in [-0.2, 0) is 6.54 Å². The average molecular weight is 231 g/mol. The minimum Gasteiger partial charge on any atom is -0.309 e. The van der Waals surface area contributed by atoms with Gasteiger partial charge < -0.3 is 5.32 Å². The molecule has 0 radical (unpaired) electrons. The molecular weight excluding hydrogens is 210 g/mol. The largest absolute Gasteiger partial charge is 0.309 e. The quantitative estimate of drug-likeness (QED) is 0.863. The first-order valence-corrected chi connectivity index (χ1v) is 6.83. The predicted molar refractivity (Wildman–Crippen MR) is 68.7 cm³/mol. The summed E-state index contributed by atoms with van der Waals surface area (Å²) in [4.78, 5) is 7.32. The number of nitrogens with one attached hydrogen (secondary N) is 1. The van der Waals surface area contributed by atoms with Crippen molar-refractivity contribution in [3.63, 3.8) is 0 Å². The second kappa shape index (κ2) is 5.15. The summed E-state index contributed by atoms with van der Waals surface area (Å²) in [5, 5.41) is 3.52. The summed E-state index contributed by atoms with van der Waals surface area (Å²) in [6, 6.07) is 6.98. The Bertz CT molecular complexity index is 365. The van der Waals surface area contributed by atoms with Gasteiger partial charge in [-0.3, -0.25) is 9.88 Å². The van der Waals surface area contributed by atoms with Crippen molar-refractivity contribution in [2.45, 2.75) is 38.3 Å². The van der Waals surface area contributed by atoms with Gasteiger partial charge in [-0.1, -0.05) is 6.07 Å². The summed E-state index contributed by atoms with van der Waals surface area (Å²) in [5.74, 6) is 0. The Morgan fingerprint density at radius 1 is 1.24 bits per heavy atom. The van der Waals surface area contributed by atoms with Crippen LogP contribution < -0.4 is 5.32 Å². The molecule has 3 heterocycles. The van der Waals surface area contributed by atoms with E-state index in [9.17, 15) is 0 Å². The van der Waals surface area contributed by atoms with Crippen LogP contribution in [0.3, 0.4) is 0 Å². The first kappa shape index (κ1) is 11.2. The molecule has 0 amide bonds. The fourth-order valence-electron chi connectivity index (χ4n) is 2.89. The summed E-state index contributed by atoms with van der Waals surface area (Å²) < 4.78 is 0. The molecule has 0 saturated carbocycles. The maximum absolute atomic E-state index is 4.81. The smallest absolute Gasteiger partial charge is 0.0577 e. The van der Waals surface area contributed by atoms with E-state index in [0.29, 0.717) is 6.04 Å². The topological polar surface area (TPSA) is 28.2 Å². The van der Waals surface area contributed by atoms with Crippen molar-refractivity contribution in [1.29, 1.82) is 0 Å². The van der Waals surface area contributed by atoms with Gasteiger partial charge in [0.05, 0.1) is 11.4 Å². The van der Waals surface area contributed by atoms with Gasteiger partial charge in [0.1, 0.15) is 0 Å². The highest BCUT2D eigenvalue weighted by Crippen LogP contribution is 2.21. The van der Waals surface area contributed by atoms with Crippen molar-refractivity contribution < 1.29 is 0 Å². The van der Waals surface area contributed by atoms with E-state index in [2.05, 4.69) is 28.4 Å². The number of likely N-dealkylation sites (tertiary alicyclic amines) is 1. The lowest BCUT2D eigenvalue weighted by Gasteiger charge is -2.16. The molecule has 2 fully saturated rings. The van der Waals surface area contributed by atoms with Crippen LogP contribution in [0, 0.1) is 0 Å². The molecule has 3 rings (SSSR count). The van der Waals surface area contributed by atoms with Crippen molar-refractivity contribution >= 4 is 0 Å². The molecule has 92 valence electrons. The molecule has 0 bridgehead atoms. The zero-order valence-electron chi connectivity index (χ0n) is 10.4. The van der Waals surface area contributed by atoms with E-state index in [4.69, 9.17) is 4.98 Å². The minimum atomic E-state index is 0.494. The SMILES string of the molecule is c1cc(CN2CCCC2)nc(C2CCCN2)c1. The lowest BCUT2D eigenvalue weighted by Crippen LogP contribution is -2.20. The monoisotopic (exact) mass is 231 g/mol. The van der Waals surface area contributed by atoms with Gasteiger partial charge in [0.15, 0.2) is 0 Å². The standard InChI is InChI=1S/C14H21N3/c1-2-10-17(9-1)11-12-5-3-6-14(16-12)13-7-4-8-15-13/h3,5-6,13,15H,1-2,4,7-11H2. The Morgan fingerprint density at radius 3 is 2.88 bits per heavy atom. The fraction of sp³-hybridized carbons (Fsp3) is 0.643. The number of rotatable bonds is 3. The van der Waals surface area contributed by atoms with Crippen molar-refractivity contribution in [2.75, 3.05) is 19.6 Å².